The largest absolute Gasteiger partial charge is 0.493 e. The van der Waals surface area contributed by atoms with E-state index in [-0.39, 0.29) is 34.8 Å². The number of benzene rings is 1. The van der Waals surface area contributed by atoms with Crippen LogP contribution < -0.4 is 25.8 Å². The lowest BCUT2D eigenvalue weighted by Crippen LogP contribution is -2.50. The van der Waals surface area contributed by atoms with Gasteiger partial charge in [0.2, 0.25) is 11.9 Å². The third-order valence-corrected chi connectivity index (χ3v) is 6.62. The summed E-state index contributed by atoms with van der Waals surface area (Å²) < 4.78 is 25.4. The van der Waals surface area contributed by atoms with Crippen LogP contribution in [0, 0.1) is 11.7 Å². The van der Waals surface area contributed by atoms with Crippen LogP contribution in [0.25, 0.3) is 10.9 Å². The fourth-order valence-corrected chi connectivity index (χ4v) is 4.72. The number of halogens is 1. The molecule has 1 unspecified atom stereocenters. The highest BCUT2D eigenvalue weighted by molar-refractivity contribution is 5.92. The van der Waals surface area contributed by atoms with E-state index in [0.717, 1.165) is 12.8 Å². The number of nitrogens with zero attached hydrogens (tertiary/aromatic N) is 4. The Hall–Kier alpha value is -2.88. The van der Waals surface area contributed by atoms with Crippen molar-refractivity contribution in [2.24, 2.45) is 11.7 Å². The van der Waals surface area contributed by atoms with Crippen LogP contribution in [0.2, 0.25) is 0 Å². The van der Waals surface area contributed by atoms with E-state index in [4.69, 9.17) is 20.9 Å². The number of ether oxygens (including phenoxy) is 2. The van der Waals surface area contributed by atoms with Crippen LogP contribution in [0.3, 0.4) is 0 Å². The van der Waals surface area contributed by atoms with Crippen molar-refractivity contribution in [2.45, 2.75) is 38.1 Å². The molecule has 174 valence electrons. The molecule has 1 aromatic carbocycles. The highest BCUT2D eigenvalue weighted by Crippen LogP contribution is 2.37. The SMILES string of the molecule is COc1cc2c(N)nc(N3CCN(C(=O)CC(N)C4CCCC4)CC3)nc2c(F)c1OC. The number of fused-ring (bicyclic) bond motifs is 1. The third kappa shape index (κ3) is 4.23. The molecule has 4 rings (SSSR count). The molecule has 10 heteroatoms. The van der Waals surface area contributed by atoms with Gasteiger partial charge in [-0.3, -0.25) is 4.79 Å². The number of anilines is 2. The molecule has 0 spiro atoms. The summed E-state index contributed by atoms with van der Waals surface area (Å²) in [5, 5.41) is 0.360. The molecule has 32 heavy (non-hydrogen) atoms. The van der Waals surface area contributed by atoms with Crippen molar-refractivity contribution in [1.82, 2.24) is 14.9 Å². The van der Waals surface area contributed by atoms with E-state index in [0.29, 0.717) is 49.9 Å². The Kier molecular flexibility index (Phi) is 6.50. The summed E-state index contributed by atoms with van der Waals surface area (Å²) in [5.41, 5.74) is 12.5. The highest BCUT2D eigenvalue weighted by Gasteiger charge is 2.29. The van der Waals surface area contributed by atoms with E-state index in [1.54, 1.807) is 6.07 Å². The molecule has 1 saturated heterocycles. The molecule has 0 radical (unpaired) electrons. The zero-order valence-electron chi connectivity index (χ0n) is 18.6. The number of hydrogen-bond acceptors (Lipinski definition) is 8. The molecule has 9 nitrogen and oxygen atoms in total. The topological polar surface area (TPSA) is 120 Å². The van der Waals surface area contributed by atoms with Crippen molar-refractivity contribution in [3.05, 3.63) is 11.9 Å². The van der Waals surface area contributed by atoms with Crippen molar-refractivity contribution in [3.63, 3.8) is 0 Å². The molecule has 4 N–H and O–H groups in total. The zero-order chi connectivity index (χ0) is 22.8. The van der Waals surface area contributed by atoms with Crippen molar-refractivity contribution >= 4 is 28.6 Å². The number of nitrogens with two attached hydrogens (primary N) is 2. The predicted molar refractivity (Wildman–Crippen MR) is 120 cm³/mol. The molecule has 1 aromatic heterocycles. The van der Waals surface area contributed by atoms with Crippen molar-refractivity contribution in [3.8, 4) is 11.5 Å². The Morgan fingerprint density at radius 2 is 1.88 bits per heavy atom. The summed E-state index contributed by atoms with van der Waals surface area (Å²) in [7, 11) is 2.79. The maximum Gasteiger partial charge on any atom is 0.228 e. The molecule has 2 fully saturated rings. The first-order valence-electron chi connectivity index (χ1n) is 11.1. The Labute approximate surface area is 186 Å². The average Bonchev–Trinajstić information content (AvgIpc) is 3.34. The van der Waals surface area contributed by atoms with Gasteiger partial charge in [-0.05, 0) is 24.8 Å². The minimum atomic E-state index is -0.646. The molecule has 2 aromatic rings. The van der Waals surface area contributed by atoms with Gasteiger partial charge >= 0.3 is 0 Å². The van der Waals surface area contributed by atoms with Crippen LogP contribution in [0.5, 0.6) is 11.5 Å². The van der Waals surface area contributed by atoms with Crippen LogP contribution in [0.1, 0.15) is 32.1 Å². The number of amides is 1. The van der Waals surface area contributed by atoms with Crippen molar-refractivity contribution in [2.75, 3.05) is 51.0 Å². The van der Waals surface area contributed by atoms with E-state index >= 15 is 4.39 Å². The molecular formula is C22H31FN6O3. The standard InChI is InChI=1S/C22H31FN6O3/c1-31-16-11-14-19(18(23)20(16)32-2)26-22(27-21(14)25)29-9-7-28(8-10-29)17(30)12-15(24)13-5-3-4-6-13/h11,13,15H,3-10,12,24H2,1-2H3,(H2,25,26,27). The summed E-state index contributed by atoms with van der Waals surface area (Å²) in [6.45, 7) is 2.13. The normalized spacial score (nSPS) is 18.2. The number of hydrogen-bond donors (Lipinski definition) is 2. The third-order valence-electron chi connectivity index (χ3n) is 6.62. The first-order chi connectivity index (χ1) is 15.4. The van der Waals surface area contributed by atoms with Gasteiger partial charge in [0.05, 0.1) is 14.2 Å². The number of methoxy groups -OCH3 is 2. The molecule has 2 heterocycles. The smallest absolute Gasteiger partial charge is 0.228 e. The van der Waals surface area contributed by atoms with E-state index in [1.807, 2.05) is 9.80 Å². The van der Waals surface area contributed by atoms with Gasteiger partial charge in [0, 0.05) is 44.0 Å². The summed E-state index contributed by atoms with van der Waals surface area (Å²) in [6, 6.07) is 1.50. The maximum atomic E-state index is 15.0. The van der Waals surface area contributed by atoms with E-state index in [2.05, 4.69) is 9.97 Å². The van der Waals surface area contributed by atoms with Gasteiger partial charge in [0.15, 0.2) is 17.3 Å². The highest BCUT2D eigenvalue weighted by atomic mass is 19.1. The first kappa shape index (κ1) is 22.3. The number of carbonyl (C=O) groups is 1. The molecule has 2 aliphatic rings. The van der Waals surface area contributed by atoms with Crippen LogP contribution in [-0.4, -0.2) is 67.2 Å². The number of carbonyl (C=O) groups excluding carboxylic acids is 1. The van der Waals surface area contributed by atoms with Gasteiger partial charge in [0.1, 0.15) is 11.3 Å². The van der Waals surface area contributed by atoms with E-state index in [1.165, 1.54) is 27.1 Å². The Balaban J connectivity index is 1.46. The Bertz CT molecular complexity index is 990. The van der Waals surface area contributed by atoms with Gasteiger partial charge in [-0.15, -0.1) is 0 Å². The molecule has 1 amide bonds. The second kappa shape index (κ2) is 9.32. The minimum absolute atomic E-state index is 0.0296. The lowest BCUT2D eigenvalue weighted by atomic mass is 9.96. The molecule has 1 aliphatic heterocycles. The first-order valence-corrected chi connectivity index (χ1v) is 11.1. The van der Waals surface area contributed by atoms with Gasteiger partial charge < -0.3 is 30.7 Å². The lowest BCUT2D eigenvalue weighted by Gasteiger charge is -2.35. The van der Waals surface area contributed by atoms with Crippen molar-refractivity contribution < 1.29 is 18.7 Å². The summed E-state index contributed by atoms with van der Waals surface area (Å²) in [5.74, 6) is 0.584. The number of nitrogen functional groups attached to an aromatic ring is 1. The van der Waals surface area contributed by atoms with Gasteiger partial charge in [-0.2, -0.15) is 4.98 Å². The Morgan fingerprint density at radius 1 is 1.19 bits per heavy atom. The second-order valence-electron chi connectivity index (χ2n) is 8.51. The molecular weight excluding hydrogens is 415 g/mol. The maximum absolute atomic E-state index is 15.0. The van der Waals surface area contributed by atoms with Crippen LogP contribution in [0.4, 0.5) is 16.2 Å². The fourth-order valence-electron chi connectivity index (χ4n) is 4.72. The van der Waals surface area contributed by atoms with Crippen LogP contribution >= 0.6 is 0 Å². The summed E-state index contributed by atoms with van der Waals surface area (Å²) >= 11 is 0. The van der Waals surface area contributed by atoms with Gasteiger partial charge in [0.25, 0.3) is 0 Å². The van der Waals surface area contributed by atoms with Crippen LogP contribution in [-0.2, 0) is 4.79 Å². The number of piperazine rings is 1. The molecule has 1 aliphatic carbocycles. The fraction of sp³-hybridized carbons (Fsp3) is 0.591. The number of aromatic nitrogens is 2. The predicted octanol–water partition coefficient (Wildman–Crippen LogP) is 1.92. The average molecular weight is 447 g/mol. The quantitative estimate of drug-likeness (QED) is 0.691. The van der Waals surface area contributed by atoms with Crippen LogP contribution in [0.15, 0.2) is 6.07 Å². The monoisotopic (exact) mass is 446 g/mol. The van der Waals surface area contributed by atoms with Crippen molar-refractivity contribution in [1.29, 1.82) is 0 Å². The molecule has 1 atom stereocenters. The second-order valence-corrected chi connectivity index (χ2v) is 8.51. The van der Waals surface area contributed by atoms with Gasteiger partial charge in [-0.25, -0.2) is 9.37 Å². The Morgan fingerprint density at radius 3 is 2.50 bits per heavy atom. The van der Waals surface area contributed by atoms with Gasteiger partial charge in [-0.1, -0.05) is 12.8 Å². The van der Waals surface area contributed by atoms with E-state index in [9.17, 15) is 4.79 Å². The lowest BCUT2D eigenvalue weighted by molar-refractivity contribution is -0.132. The molecule has 0 bridgehead atoms. The molecule has 1 saturated carbocycles. The zero-order valence-corrected chi connectivity index (χ0v) is 18.6. The number of rotatable bonds is 6. The summed E-state index contributed by atoms with van der Waals surface area (Å²) in [6.07, 6.45) is 5.04. The van der Waals surface area contributed by atoms with E-state index < -0.39 is 5.82 Å². The minimum Gasteiger partial charge on any atom is -0.493 e. The summed E-state index contributed by atoms with van der Waals surface area (Å²) in [4.78, 5) is 25.2.